The van der Waals surface area contributed by atoms with Gasteiger partial charge in [0.05, 0.1) is 13.2 Å². The Morgan fingerprint density at radius 2 is 2.24 bits per heavy atom. The van der Waals surface area contributed by atoms with Gasteiger partial charge in [-0.3, -0.25) is 0 Å². The third kappa shape index (κ3) is 2.56. The van der Waals surface area contributed by atoms with E-state index < -0.39 is 5.97 Å². The zero-order valence-electron chi connectivity index (χ0n) is 11.5. The first-order valence-electron chi connectivity index (χ1n) is 6.73. The maximum atomic E-state index is 10.9. The summed E-state index contributed by atoms with van der Waals surface area (Å²) in [6.45, 7) is 0. The Balaban J connectivity index is 2.00. The molecule has 2 aromatic rings. The summed E-state index contributed by atoms with van der Waals surface area (Å²) in [7, 11) is 1.57. The highest BCUT2D eigenvalue weighted by molar-refractivity contribution is 5.86. The molecule has 21 heavy (non-hydrogen) atoms. The van der Waals surface area contributed by atoms with Gasteiger partial charge < -0.3 is 19.1 Å². The van der Waals surface area contributed by atoms with E-state index in [0.29, 0.717) is 22.8 Å². The number of hydrogen-bond acceptors (Lipinski definition) is 5. The van der Waals surface area contributed by atoms with Crippen LogP contribution >= 0.6 is 0 Å². The van der Waals surface area contributed by atoms with Gasteiger partial charge in [0.25, 0.3) is 0 Å². The number of aromatic carboxylic acids is 1. The standard InChI is InChI=1S/C15H15NO5/c1-19-12-7-3-6-10(14(12)20-9-4-2-5-9)11-8-13(15(17)18)21-16-11/h3,6-9H,2,4-5H2,1H3,(H,17,18). The molecule has 0 amide bonds. The first-order chi connectivity index (χ1) is 10.2. The molecule has 0 radical (unpaired) electrons. The average molecular weight is 289 g/mol. The van der Waals surface area contributed by atoms with Gasteiger partial charge >= 0.3 is 5.97 Å². The fourth-order valence-electron chi connectivity index (χ4n) is 2.16. The smallest absolute Gasteiger partial charge is 0.374 e. The Morgan fingerprint density at radius 1 is 1.43 bits per heavy atom. The lowest BCUT2D eigenvalue weighted by atomic mass is 9.96. The number of nitrogens with zero attached hydrogens (tertiary/aromatic N) is 1. The number of hydrogen-bond donors (Lipinski definition) is 1. The molecule has 1 heterocycles. The molecule has 0 atom stereocenters. The van der Waals surface area contributed by atoms with Crippen molar-refractivity contribution < 1.29 is 23.9 Å². The zero-order chi connectivity index (χ0) is 14.8. The Kier molecular flexibility index (Phi) is 3.51. The van der Waals surface area contributed by atoms with Crippen LogP contribution in [0.15, 0.2) is 28.8 Å². The van der Waals surface area contributed by atoms with Crippen molar-refractivity contribution >= 4 is 5.97 Å². The minimum absolute atomic E-state index is 0.172. The number of methoxy groups -OCH3 is 1. The molecule has 110 valence electrons. The number of carboxylic acid groups (broad SMARTS) is 1. The summed E-state index contributed by atoms with van der Waals surface area (Å²) in [6.07, 6.45) is 3.35. The van der Waals surface area contributed by atoms with E-state index in [9.17, 15) is 4.79 Å². The molecule has 6 heteroatoms. The summed E-state index contributed by atoms with van der Waals surface area (Å²) < 4.78 is 16.1. The van der Waals surface area contributed by atoms with E-state index in [1.807, 2.05) is 0 Å². The second-order valence-electron chi connectivity index (χ2n) is 4.89. The van der Waals surface area contributed by atoms with Gasteiger partial charge in [-0.25, -0.2) is 4.79 Å². The molecule has 6 nitrogen and oxygen atoms in total. The largest absolute Gasteiger partial charge is 0.493 e. The highest BCUT2D eigenvalue weighted by atomic mass is 16.5. The third-order valence-electron chi connectivity index (χ3n) is 3.53. The molecular formula is C15H15NO5. The van der Waals surface area contributed by atoms with Gasteiger partial charge in [0.2, 0.25) is 5.76 Å². The van der Waals surface area contributed by atoms with Gasteiger partial charge in [0.15, 0.2) is 11.5 Å². The predicted octanol–water partition coefficient (Wildman–Crippen LogP) is 2.98. The average Bonchev–Trinajstić information content (AvgIpc) is 2.92. The lowest BCUT2D eigenvalue weighted by Gasteiger charge is -2.28. The Morgan fingerprint density at radius 3 is 2.81 bits per heavy atom. The van der Waals surface area contributed by atoms with E-state index in [2.05, 4.69) is 5.16 Å². The third-order valence-corrected chi connectivity index (χ3v) is 3.53. The summed E-state index contributed by atoms with van der Waals surface area (Å²) in [5.41, 5.74) is 1.08. The summed E-state index contributed by atoms with van der Waals surface area (Å²) >= 11 is 0. The summed E-state index contributed by atoms with van der Waals surface area (Å²) in [4.78, 5) is 10.9. The second-order valence-corrected chi connectivity index (χ2v) is 4.89. The molecular weight excluding hydrogens is 274 g/mol. The number of aromatic nitrogens is 1. The number of para-hydroxylation sites is 1. The van der Waals surface area contributed by atoms with Gasteiger partial charge in [-0.1, -0.05) is 11.2 Å². The molecule has 3 rings (SSSR count). The fraction of sp³-hybridized carbons (Fsp3) is 0.333. The molecule has 0 spiro atoms. The van der Waals surface area contributed by atoms with Gasteiger partial charge in [0, 0.05) is 11.6 Å². The molecule has 0 unspecified atom stereocenters. The summed E-state index contributed by atoms with van der Waals surface area (Å²) in [5.74, 6) is -0.185. The van der Waals surface area contributed by atoms with Crippen molar-refractivity contribution in [3.63, 3.8) is 0 Å². The van der Waals surface area contributed by atoms with E-state index in [4.69, 9.17) is 19.1 Å². The van der Waals surface area contributed by atoms with E-state index in [1.54, 1.807) is 25.3 Å². The van der Waals surface area contributed by atoms with Crippen molar-refractivity contribution in [3.05, 3.63) is 30.0 Å². The van der Waals surface area contributed by atoms with Crippen molar-refractivity contribution in [1.29, 1.82) is 0 Å². The normalized spacial score (nSPS) is 14.5. The van der Waals surface area contributed by atoms with Crippen LogP contribution in [0.2, 0.25) is 0 Å². The van der Waals surface area contributed by atoms with Crippen LogP contribution < -0.4 is 9.47 Å². The van der Waals surface area contributed by atoms with Gasteiger partial charge in [-0.15, -0.1) is 0 Å². The highest BCUT2D eigenvalue weighted by Gasteiger charge is 2.24. The van der Waals surface area contributed by atoms with Gasteiger partial charge in [0.1, 0.15) is 5.69 Å². The lowest BCUT2D eigenvalue weighted by Crippen LogP contribution is -2.25. The second kappa shape index (κ2) is 5.47. The number of carboxylic acids is 1. The zero-order valence-corrected chi connectivity index (χ0v) is 11.5. The first kappa shape index (κ1) is 13.5. The van der Waals surface area contributed by atoms with Crippen LogP contribution in [0.25, 0.3) is 11.3 Å². The minimum Gasteiger partial charge on any atom is -0.493 e. The molecule has 1 aromatic carbocycles. The Hall–Kier alpha value is -2.50. The van der Waals surface area contributed by atoms with E-state index >= 15 is 0 Å². The van der Waals surface area contributed by atoms with Crippen LogP contribution in [-0.4, -0.2) is 29.4 Å². The van der Waals surface area contributed by atoms with E-state index in [1.165, 1.54) is 6.07 Å². The van der Waals surface area contributed by atoms with Crippen molar-refractivity contribution in [3.8, 4) is 22.8 Å². The molecule has 0 saturated heterocycles. The van der Waals surface area contributed by atoms with E-state index in [-0.39, 0.29) is 11.9 Å². The van der Waals surface area contributed by atoms with Gasteiger partial charge in [-0.05, 0) is 31.4 Å². The van der Waals surface area contributed by atoms with Crippen LogP contribution in [0.4, 0.5) is 0 Å². The molecule has 1 aliphatic carbocycles. The topological polar surface area (TPSA) is 81.8 Å². The maximum absolute atomic E-state index is 10.9. The molecule has 0 aliphatic heterocycles. The maximum Gasteiger partial charge on any atom is 0.374 e. The molecule has 1 aromatic heterocycles. The number of benzene rings is 1. The van der Waals surface area contributed by atoms with Crippen LogP contribution in [0, 0.1) is 0 Å². The summed E-state index contributed by atoms with van der Waals surface area (Å²) in [6, 6.07) is 6.79. The fourth-order valence-corrected chi connectivity index (χ4v) is 2.16. The predicted molar refractivity (Wildman–Crippen MR) is 73.7 cm³/mol. The van der Waals surface area contributed by atoms with Crippen LogP contribution in [0.5, 0.6) is 11.5 Å². The molecule has 1 saturated carbocycles. The van der Waals surface area contributed by atoms with Crippen molar-refractivity contribution in [2.24, 2.45) is 0 Å². The van der Waals surface area contributed by atoms with Crippen LogP contribution in [-0.2, 0) is 0 Å². The SMILES string of the molecule is COc1cccc(-c2cc(C(=O)O)on2)c1OC1CCC1. The Bertz CT molecular complexity index is 660. The molecule has 1 aliphatic rings. The molecule has 0 bridgehead atoms. The van der Waals surface area contributed by atoms with Gasteiger partial charge in [-0.2, -0.15) is 0 Å². The quantitative estimate of drug-likeness (QED) is 0.911. The van der Waals surface area contributed by atoms with Crippen molar-refractivity contribution in [2.45, 2.75) is 25.4 Å². The first-order valence-corrected chi connectivity index (χ1v) is 6.73. The number of rotatable bonds is 5. The molecule has 1 N–H and O–H groups in total. The summed E-state index contributed by atoms with van der Waals surface area (Å²) in [5, 5.41) is 12.7. The molecule has 1 fully saturated rings. The van der Waals surface area contributed by atoms with Crippen molar-refractivity contribution in [1.82, 2.24) is 5.16 Å². The number of ether oxygens (including phenoxy) is 2. The van der Waals surface area contributed by atoms with Crippen LogP contribution in [0.3, 0.4) is 0 Å². The highest BCUT2D eigenvalue weighted by Crippen LogP contribution is 2.40. The van der Waals surface area contributed by atoms with Crippen molar-refractivity contribution in [2.75, 3.05) is 7.11 Å². The van der Waals surface area contributed by atoms with E-state index in [0.717, 1.165) is 19.3 Å². The number of carbonyl (C=O) groups is 1. The van der Waals surface area contributed by atoms with Crippen LogP contribution in [0.1, 0.15) is 29.8 Å². The Labute approximate surface area is 121 Å². The lowest BCUT2D eigenvalue weighted by molar-refractivity contribution is 0.0652. The minimum atomic E-state index is -1.15. The monoisotopic (exact) mass is 289 g/mol.